The Morgan fingerprint density at radius 2 is 1.15 bits per heavy atom. The van der Waals surface area contributed by atoms with Crippen LogP contribution in [0, 0.1) is 28.6 Å². The Balaban J connectivity index is 0.987. The fraction of sp³-hybridized carbons (Fsp3) is 0.607. The molecule has 75 heavy (non-hydrogen) atoms. The number of rotatable bonds is 14. The summed E-state index contributed by atoms with van der Waals surface area (Å²) in [6.07, 6.45) is 12.3. The van der Waals surface area contributed by atoms with Crippen molar-refractivity contribution in [3.63, 3.8) is 0 Å². The van der Waals surface area contributed by atoms with Crippen LogP contribution in [0.2, 0.25) is 0 Å². The van der Waals surface area contributed by atoms with E-state index in [1.54, 1.807) is 30.8 Å². The Labute approximate surface area is 444 Å². The molecular weight excluding hydrogens is 941 g/mol. The van der Waals surface area contributed by atoms with E-state index >= 15 is 14.4 Å². The van der Waals surface area contributed by atoms with Crippen molar-refractivity contribution in [2.45, 2.75) is 185 Å². The molecule has 9 atom stereocenters. The average Bonchev–Trinajstić information content (AvgIpc) is 3.90. The number of hydrogen-bond donors (Lipinski definition) is 6. The summed E-state index contributed by atoms with van der Waals surface area (Å²) >= 11 is 0. The number of aryl methyl sites for hydroxylation is 2. The molecule has 11 rings (SSSR count). The van der Waals surface area contributed by atoms with Crippen molar-refractivity contribution < 1.29 is 28.8 Å². The zero-order valence-corrected chi connectivity index (χ0v) is 45.4. The molecule has 6 N–H and O–H groups in total. The Hall–Kier alpha value is -5.60. The van der Waals surface area contributed by atoms with Gasteiger partial charge in [-0.15, -0.1) is 0 Å². The summed E-state index contributed by atoms with van der Waals surface area (Å²) < 4.78 is 0. The second-order valence-corrected chi connectivity index (χ2v) is 25.0. The van der Waals surface area contributed by atoms with E-state index in [1.165, 1.54) is 30.4 Å². The highest BCUT2D eigenvalue weighted by molar-refractivity contribution is 5.95. The standard InChI is InChI=1S/C61H82N8O6/c1-35(62-6)54(70)66-52(60(3,4)5)58(74)68-34-45(29-51(68)57(73)65-49-21-13-17-41-15-9-11-19-47(41)49)42-22-23-43-28-50(56(72)64-48-20-12-16-40-14-8-10-18-46(40)48)69(33-44(43)27-42)59(75)53(67-55(71)36(2)63-7)61-30-37-24-38(31-61)26-39(25-37)32-61/h8-11,14-15,18-19,22-23,27,35-39,45,48-53,62-63H,12-13,16-17,20-21,24-26,28-34H2,1-7H3,(H,64,72)(H,65,73)(H,66,70)(H,67,71)/t35-,36-,37?,38?,39?,45?,48?,49+,50?,51?,52?,53?,61?/m0/s1. The summed E-state index contributed by atoms with van der Waals surface area (Å²) in [4.78, 5) is 92.0. The highest BCUT2D eigenvalue weighted by Crippen LogP contribution is 2.61. The average molecular weight is 1020 g/mol. The van der Waals surface area contributed by atoms with Crippen LogP contribution in [0.5, 0.6) is 0 Å². The van der Waals surface area contributed by atoms with Crippen LogP contribution in [-0.2, 0) is 54.6 Å². The molecule has 3 aromatic rings. The molecule has 0 spiro atoms. The van der Waals surface area contributed by atoms with E-state index in [0.717, 1.165) is 85.6 Å². The van der Waals surface area contributed by atoms with Crippen molar-refractivity contribution in [1.82, 2.24) is 41.7 Å². The van der Waals surface area contributed by atoms with Crippen LogP contribution < -0.4 is 31.9 Å². The topological polar surface area (TPSA) is 181 Å². The van der Waals surface area contributed by atoms with Gasteiger partial charge in [-0.3, -0.25) is 28.8 Å². The minimum absolute atomic E-state index is 0.170. The third kappa shape index (κ3) is 10.6. The molecule has 0 radical (unpaired) electrons. The number of hydrogen-bond acceptors (Lipinski definition) is 8. The zero-order valence-electron chi connectivity index (χ0n) is 45.4. The van der Waals surface area contributed by atoms with E-state index in [-0.39, 0.29) is 66.5 Å². The van der Waals surface area contributed by atoms with Crippen LogP contribution in [0.1, 0.15) is 162 Å². The molecule has 5 fully saturated rings. The Bertz CT molecular complexity index is 2640. The Kier molecular flexibility index (Phi) is 15.1. The van der Waals surface area contributed by atoms with Crippen LogP contribution in [0.25, 0.3) is 0 Å². The second kappa shape index (κ2) is 21.4. The lowest BCUT2D eigenvalue weighted by atomic mass is 9.47. The molecule has 4 saturated carbocycles. The number of carbonyl (C=O) groups excluding carboxylic acids is 6. The van der Waals surface area contributed by atoms with Gasteiger partial charge in [0.25, 0.3) is 0 Å². The number of fused-ring (bicyclic) bond motifs is 3. The van der Waals surface area contributed by atoms with Crippen LogP contribution in [0.15, 0.2) is 66.7 Å². The van der Waals surface area contributed by atoms with Gasteiger partial charge in [-0.25, -0.2) is 0 Å². The fourth-order valence-corrected chi connectivity index (χ4v) is 15.0. The molecule has 2 aliphatic heterocycles. The first-order chi connectivity index (χ1) is 35.9. The van der Waals surface area contributed by atoms with Crippen molar-refractivity contribution in [3.8, 4) is 0 Å². The minimum Gasteiger partial charge on any atom is -0.347 e. The van der Waals surface area contributed by atoms with E-state index in [9.17, 15) is 14.4 Å². The van der Waals surface area contributed by atoms with Gasteiger partial charge in [0.15, 0.2) is 0 Å². The smallest absolute Gasteiger partial charge is 0.246 e. The van der Waals surface area contributed by atoms with E-state index in [0.29, 0.717) is 30.6 Å². The molecular formula is C61H82N8O6. The predicted molar refractivity (Wildman–Crippen MR) is 289 cm³/mol. The maximum atomic E-state index is 16.0. The molecule has 14 nitrogen and oxygen atoms in total. The Morgan fingerprint density at radius 1 is 0.613 bits per heavy atom. The summed E-state index contributed by atoms with van der Waals surface area (Å²) in [6, 6.07) is 18.1. The lowest BCUT2D eigenvalue weighted by molar-refractivity contribution is -0.155. The number of benzene rings is 3. The van der Waals surface area contributed by atoms with Gasteiger partial charge in [-0.05, 0) is 174 Å². The van der Waals surface area contributed by atoms with Crippen molar-refractivity contribution in [2.24, 2.45) is 28.6 Å². The summed E-state index contributed by atoms with van der Waals surface area (Å²) in [6.45, 7) is 9.78. The monoisotopic (exact) mass is 1020 g/mol. The first-order valence-corrected chi connectivity index (χ1v) is 28.4. The van der Waals surface area contributed by atoms with Crippen LogP contribution >= 0.6 is 0 Å². The van der Waals surface area contributed by atoms with Crippen LogP contribution in [-0.4, -0.2) is 102 Å². The first kappa shape index (κ1) is 52.8. The molecule has 402 valence electrons. The second-order valence-electron chi connectivity index (χ2n) is 25.0. The van der Waals surface area contributed by atoms with Gasteiger partial charge >= 0.3 is 0 Å². The summed E-state index contributed by atoms with van der Waals surface area (Å²) in [5, 5.41) is 19.3. The summed E-state index contributed by atoms with van der Waals surface area (Å²) in [5.41, 5.74) is 6.44. The molecule has 0 aromatic heterocycles. The summed E-state index contributed by atoms with van der Waals surface area (Å²) in [7, 11) is 3.46. The van der Waals surface area contributed by atoms with Gasteiger partial charge in [-0.1, -0.05) is 87.5 Å². The van der Waals surface area contributed by atoms with Gasteiger partial charge in [0.05, 0.1) is 24.2 Å². The first-order valence-electron chi connectivity index (χ1n) is 28.4. The lowest BCUT2D eigenvalue weighted by Crippen LogP contribution is -2.66. The minimum atomic E-state index is -0.906. The zero-order chi connectivity index (χ0) is 52.9. The quantitative estimate of drug-likeness (QED) is 0.107. The van der Waals surface area contributed by atoms with Crippen molar-refractivity contribution in [1.29, 1.82) is 0 Å². The highest BCUT2D eigenvalue weighted by Gasteiger charge is 2.58. The van der Waals surface area contributed by atoms with Crippen molar-refractivity contribution >= 4 is 35.4 Å². The van der Waals surface area contributed by atoms with E-state index in [2.05, 4.69) is 74.4 Å². The highest BCUT2D eigenvalue weighted by atomic mass is 16.2. The van der Waals surface area contributed by atoms with E-state index < -0.39 is 47.1 Å². The molecule has 1 saturated heterocycles. The molecule has 6 unspecified atom stereocenters. The third-order valence-electron chi connectivity index (χ3n) is 19.0. The van der Waals surface area contributed by atoms with Gasteiger partial charge in [0.1, 0.15) is 24.2 Å². The molecule has 2 heterocycles. The summed E-state index contributed by atoms with van der Waals surface area (Å²) in [5.74, 6) is -0.115. The largest absolute Gasteiger partial charge is 0.347 e. The number of carbonyl (C=O) groups is 6. The van der Waals surface area contributed by atoms with E-state index in [1.807, 2.05) is 52.0 Å². The van der Waals surface area contributed by atoms with Gasteiger partial charge in [-0.2, -0.15) is 0 Å². The fourth-order valence-electron chi connectivity index (χ4n) is 15.0. The number of amides is 6. The Morgan fingerprint density at radius 3 is 1.69 bits per heavy atom. The number of nitrogens with one attached hydrogen (secondary N) is 6. The maximum Gasteiger partial charge on any atom is 0.246 e. The third-order valence-corrected chi connectivity index (χ3v) is 19.0. The van der Waals surface area contributed by atoms with Crippen molar-refractivity contribution in [2.75, 3.05) is 20.6 Å². The molecule has 8 aliphatic rings. The predicted octanol–water partition coefficient (Wildman–Crippen LogP) is 6.46. The number of likely N-dealkylation sites (tertiary alicyclic amines) is 1. The van der Waals surface area contributed by atoms with Gasteiger partial charge < -0.3 is 41.7 Å². The van der Waals surface area contributed by atoms with Crippen LogP contribution in [0.3, 0.4) is 0 Å². The molecule has 6 amide bonds. The van der Waals surface area contributed by atoms with Crippen LogP contribution in [0.4, 0.5) is 0 Å². The van der Waals surface area contributed by atoms with Crippen molar-refractivity contribution in [3.05, 3.63) is 106 Å². The molecule has 4 bridgehead atoms. The lowest BCUT2D eigenvalue weighted by Gasteiger charge is -2.59. The molecule has 3 aromatic carbocycles. The number of likely N-dealkylation sites (N-methyl/N-ethyl adjacent to an activating group) is 2. The van der Waals surface area contributed by atoms with Gasteiger partial charge in [0, 0.05) is 30.8 Å². The van der Waals surface area contributed by atoms with E-state index in [4.69, 9.17) is 0 Å². The SMILES string of the molecule is CN[C@@H](C)C(=O)NC(C(=O)N1CC(c2ccc3c(c2)CN(C(=O)C(NC(=O)[C@H](C)NC)C24CC5CC(CC(C5)C2)C4)C(C(=O)NC2CCCc4ccccc42)C3)CC1C(=O)N[C@@H]1CCCc2ccccc21)C(C)(C)C. The normalized spacial score (nSPS) is 29.2. The molecule has 14 heteroatoms. The molecule has 6 aliphatic carbocycles. The van der Waals surface area contributed by atoms with Gasteiger partial charge in [0.2, 0.25) is 35.4 Å². The number of nitrogens with zero attached hydrogens (tertiary/aromatic N) is 2. The maximum absolute atomic E-state index is 16.0.